The lowest BCUT2D eigenvalue weighted by molar-refractivity contribution is -0.115. The molecule has 2 aliphatic rings. The van der Waals surface area contributed by atoms with Gasteiger partial charge in [0, 0.05) is 31.2 Å². The average Bonchev–Trinajstić information content (AvgIpc) is 3.26. The first-order valence-corrected chi connectivity index (χ1v) is 12.7. The minimum Gasteiger partial charge on any atom is -0.325 e. The van der Waals surface area contributed by atoms with E-state index >= 15 is 0 Å². The van der Waals surface area contributed by atoms with Gasteiger partial charge in [0.05, 0.1) is 10.1 Å². The van der Waals surface area contributed by atoms with Crippen LogP contribution in [-0.4, -0.2) is 51.7 Å². The number of carbonyl (C=O) groups excluding carboxylic acids is 1. The number of benzene rings is 1. The fourth-order valence-corrected chi connectivity index (χ4v) is 6.01. The highest BCUT2D eigenvalue weighted by atomic mass is 32.2. The number of nitrogens with zero attached hydrogens (tertiary/aromatic N) is 4. The molecule has 1 saturated heterocycles. The molecule has 1 unspecified atom stereocenters. The SMILES string of the molecule is CCn1c(SC(C)C(=O)Nc2ccc(S(=O)(=O)N3CCCC3)cc2)nnc1C1CC1. The summed E-state index contributed by atoms with van der Waals surface area (Å²) in [6.45, 7) is 5.81. The highest BCUT2D eigenvalue weighted by Crippen LogP contribution is 2.40. The van der Waals surface area contributed by atoms with Crippen molar-refractivity contribution in [2.45, 2.75) is 67.3 Å². The van der Waals surface area contributed by atoms with E-state index in [-0.39, 0.29) is 16.1 Å². The molecule has 0 spiro atoms. The highest BCUT2D eigenvalue weighted by Gasteiger charge is 2.31. The second-order valence-electron chi connectivity index (χ2n) is 7.74. The van der Waals surface area contributed by atoms with Gasteiger partial charge in [-0.15, -0.1) is 10.2 Å². The molecule has 0 bridgehead atoms. The molecule has 2 heterocycles. The van der Waals surface area contributed by atoms with Gasteiger partial charge in [0.25, 0.3) is 0 Å². The lowest BCUT2D eigenvalue weighted by Crippen LogP contribution is -2.27. The van der Waals surface area contributed by atoms with E-state index in [2.05, 4.69) is 27.0 Å². The molecule has 2 fully saturated rings. The zero-order valence-electron chi connectivity index (χ0n) is 17.2. The Labute approximate surface area is 181 Å². The first-order chi connectivity index (χ1) is 14.4. The number of amides is 1. The van der Waals surface area contributed by atoms with Gasteiger partial charge in [0.1, 0.15) is 5.82 Å². The molecule has 1 saturated carbocycles. The third-order valence-electron chi connectivity index (χ3n) is 5.48. The maximum absolute atomic E-state index is 12.6. The monoisotopic (exact) mass is 449 g/mol. The van der Waals surface area contributed by atoms with Crippen LogP contribution in [0.4, 0.5) is 5.69 Å². The second kappa shape index (κ2) is 8.68. The third kappa shape index (κ3) is 4.40. The van der Waals surface area contributed by atoms with E-state index in [0.29, 0.717) is 24.7 Å². The van der Waals surface area contributed by atoms with Crippen molar-refractivity contribution in [1.82, 2.24) is 19.1 Å². The van der Waals surface area contributed by atoms with Gasteiger partial charge in [-0.3, -0.25) is 4.79 Å². The van der Waals surface area contributed by atoms with Crippen LogP contribution < -0.4 is 5.32 Å². The van der Waals surface area contributed by atoms with E-state index in [1.807, 2.05) is 6.92 Å². The minimum atomic E-state index is -3.45. The largest absolute Gasteiger partial charge is 0.325 e. The van der Waals surface area contributed by atoms with E-state index in [4.69, 9.17) is 0 Å². The fraction of sp³-hybridized carbons (Fsp3) is 0.550. The zero-order chi connectivity index (χ0) is 21.3. The predicted octanol–water partition coefficient (Wildman–Crippen LogP) is 3.08. The summed E-state index contributed by atoms with van der Waals surface area (Å²) >= 11 is 1.39. The van der Waals surface area contributed by atoms with Crippen molar-refractivity contribution >= 4 is 33.4 Å². The summed E-state index contributed by atoms with van der Waals surface area (Å²) in [6.07, 6.45) is 4.11. The minimum absolute atomic E-state index is 0.159. The Morgan fingerprint density at radius 3 is 2.47 bits per heavy atom. The van der Waals surface area contributed by atoms with Crippen LogP contribution in [0.5, 0.6) is 0 Å². The Balaban J connectivity index is 1.39. The molecule has 1 amide bonds. The summed E-state index contributed by atoms with van der Waals surface area (Å²) in [4.78, 5) is 12.9. The van der Waals surface area contributed by atoms with Gasteiger partial charge in [-0.25, -0.2) is 8.42 Å². The summed E-state index contributed by atoms with van der Waals surface area (Å²) in [7, 11) is -3.45. The van der Waals surface area contributed by atoms with E-state index in [0.717, 1.165) is 43.2 Å². The average molecular weight is 450 g/mol. The molecular weight excluding hydrogens is 422 g/mol. The van der Waals surface area contributed by atoms with Crippen LogP contribution >= 0.6 is 11.8 Å². The van der Waals surface area contributed by atoms with Crippen molar-refractivity contribution in [3.63, 3.8) is 0 Å². The molecule has 162 valence electrons. The van der Waals surface area contributed by atoms with Crippen molar-refractivity contribution in [1.29, 1.82) is 0 Å². The van der Waals surface area contributed by atoms with Gasteiger partial charge in [-0.1, -0.05) is 11.8 Å². The summed E-state index contributed by atoms with van der Waals surface area (Å²) in [5.74, 6) is 1.36. The van der Waals surface area contributed by atoms with Crippen molar-refractivity contribution in [3.8, 4) is 0 Å². The quantitative estimate of drug-likeness (QED) is 0.622. The molecule has 1 N–H and O–H groups in total. The molecule has 0 radical (unpaired) electrons. The topological polar surface area (TPSA) is 97.2 Å². The molecule has 1 aromatic heterocycles. The Morgan fingerprint density at radius 1 is 1.20 bits per heavy atom. The van der Waals surface area contributed by atoms with Crippen molar-refractivity contribution in [2.24, 2.45) is 0 Å². The summed E-state index contributed by atoms with van der Waals surface area (Å²) in [6, 6.07) is 6.38. The molecule has 4 rings (SSSR count). The van der Waals surface area contributed by atoms with Gasteiger partial charge in [0.15, 0.2) is 5.16 Å². The van der Waals surface area contributed by atoms with Crippen LogP contribution in [0.2, 0.25) is 0 Å². The van der Waals surface area contributed by atoms with Gasteiger partial charge >= 0.3 is 0 Å². The number of hydrogen-bond acceptors (Lipinski definition) is 6. The second-order valence-corrected chi connectivity index (χ2v) is 11.0. The number of rotatable bonds is 8. The van der Waals surface area contributed by atoms with Crippen molar-refractivity contribution in [3.05, 3.63) is 30.1 Å². The lowest BCUT2D eigenvalue weighted by atomic mass is 10.3. The molecule has 1 aliphatic heterocycles. The van der Waals surface area contributed by atoms with E-state index in [1.54, 1.807) is 24.3 Å². The highest BCUT2D eigenvalue weighted by molar-refractivity contribution is 8.00. The summed E-state index contributed by atoms with van der Waals surface area (Å²) in [5, 5.41) is 11.8. The van der Waals surface area contributed by atoms with E-state index < -0.39 is 10.0 Å². The van der Waals surface area contributed by atoms with E-state index in [1.165, 1.54) is 16.1 Å². The maximum Gasteiger partial charge on any atom is 0.243 e. The smallest absolute Gasteiger partial charge is 0.243 e. The van der Waals surface area contributed by atoms with Crippen LogP contribution in [-0.2, 0) is 21.4 Å². The predicted molar refractivity (Wildman–Crippen MR) is 116 cm³/mol. The maximum atomic E-state index is 12.6. The molecule has 30 heavy (non-hydrogen) atoms. The molecule has 1 aliphatic carbocycles. The standard InChI is InChI=1S/C20H27N5O3S2/c1-3-25-18(15-6-7-15)22-23-20(25)29-14(2)19(26)21-16-8-10-17(11-9-16)30(27,28)24-12-4-5-13-24/h8-11,14-15H,3-7,12-13H2,1-2H3,(H,21,26). The van der Waals surface area contributed by atoms with Crippen LogP contribution in [0.15, 0.2) is 34.3 Å². The molecule has 10 heteroatoms. The van der Waals surface area contributed by atoms with E-state index in [9.17, 15) is 13.2 Å². The first kappa shape index (κ1) is 21.3. The summed E-state index contributed by atoms with van der Waals surface area (Å²) < 4.78 is 28.8. The van der Waals surface area contributed by atoms with Crippen LogP contribution in [0.3, 0.4) is 0 Å². The Morgan fingerprint density at radius 2 is 1.87 bits per heavy atom. The first-order valence-electron chi connectivity index (χ1n) is 10.4. The lowest BCUT2D eigenvalue weighted by Gasteiger charge is -2.16. The van der Waals surface area contributed by atoms with Gasteiger partial charge in [-0.2, -0.15) is 4.31 Å². The van der Waals surface area contributed by atoms with Gasteiger partial charge in [0.2, 0.25) is 15.9 Å². The molecule has 1 aromatic carbocycles. The Kier molecular flexibility index (Phi) is 6.17. The Hall–Kier alpha value is -1.91. The van der Waals surface area contributed by atoms with Crippen LogP contribution in [0.25, 0.3) is 0 Å². The third-order valence-corrected chi connectivity index (χ3v) is 8.47. The normalized spacial score (nSPS) is 18.5. The number of thioether (sulfide) groups is 1. The van der Waals surface area contributed by atoms with Gasteiger partial charge in [-0.05, 0) is 63.8 Å². The van der Waals surface area contributed by atoms with Gasteiger partial charge < -0.3 is 9.88 Å². The molecule has 8 nitrogen and oxygen atoms in total. The number of aromatic nitrogens is 3. The fourth-order valence-electron chi connectivity index (χ4n) is 3.57. The summed E-state index contributed by atoms with van der Waals surface area (Å²) in [5.41, 5.74) is 0.573. The number of anilines is 1. The number of carbonyl (C=O) groups is 1. The number of sulfonamides is 1. The van der Waals surface area contributed by atoms with Crippen LogP contribution in [0, 0.1) is 0 Å². The number of nitrogens with one attached hydrogen (secondary N) is 1. The zero-order valence-corrected chi connectivity index (χ0v) is 18.9. The molecular formula is C20H27N5O3S2. The molecule has 2 aromatic rings. The van der Waals surface area contributed by atoms with Crippen molar-refractivity contribution < 1.29 is 13.2 Å². The van der Waals surface area contributed by atoms with Crippen molar-refractivity contribution in [2.75, 3.05) is 18.4 Å². The Bertz CT molecular complexity index is 1010. The van der Waals surface area contributed by atoms with Crippen LogP contribution in [0.1, 0.15) is 51.3 Å². The molecule has 1 atom stereocenters. The number of hydrogen-bond donors (Lipinski definition) is 1.